The van der Waals surface area contributed by atoms with E-state index in [2.05, 4.69) is 15.9 Å². The van der Waals surface area contributed by atoms with Crippen LogP contribution in [0.3, 0.4) is 0 Å². The van der Waals surface area contributed by atoms with Crippen LogP contribution in [-0.4, -0.2) is 12.6 Å². The summed E-state index contributed by atoms with van der Waals surface area (Å²) in [6, 6.07) is 3.19. The molecule has 0 saturated heterocycles. The summed E-state index contributed by atoms with van der Waals surface area (Å²) in [6.45, 7) is 2.03. The van der Waals surface area contributed by atoms with E-state index in [0.29, 0.717) is 16.1 Å². The highest BCUT2D eigenvalue weighted by molar-refractivity contribution is 9.10. The number of carbonyl (C=O) groups is 1. The number of halogens is 3. The minimum absolute atomic E-state index is 0.216. The summed E-state index contributed by atoms with van der Waals surface area (Å²) in [7, 11) is 0. The lowest BCUT2D eigenvalue weighted by Gasteiger charge is -2.05. The maximum Gasteiger partial charge on any atom is 0.339 e. The second-order valence-corrected chi connectivity index (χ2v) is 4.17. The summed E-state index contributed by atoms with van der Waals surface area (Å²) >= 11 is 14.9. The lowest BCUT2D eigenvalue weighted by molar-refractivity contribution is 0.0526. The fourth-order valence-electron chi connectivity index (χ4n) is 0.913. The van der Waals surface area contributed by atoms with Crippen molar-refractivity contribution in [2.75, 3.05) is 6.61 Å². The highest BCUT2D eigenvalue weighted by Crippen LogP contribution is 2.30. The Labute approximate surface area is 100 Å². The van der Waals surface area contributed by atoms with Crippen molar-refractivity contribution in [1.29, 1.82) is 0 Å². The minimum atomic E-state index is -0.472. The number of hydrogen-bond donors (Lipinski definition) is 0. The molecule has 0 unspecified atom stereocenters. The van der Waals surface area contributed by atoms with Crippen molar-refractivity contribution in [3.63, 3.8) is 0 Å². The zero-order chi connectivity index (χ0) is 10.7. The van der Waals surface area contributed by atoms with E-state index in [1.165, 1.54) is 0 Å². The molecule has 14 heavy (non-hydrogen) atoms. The second-order valence-electron chi connectivity index (χ2n) is 2.47. The Morgan fingerprint density at radius 2 is 2.14 bits per heavy atom. The van der Waals surface area contributed by atoms with Gasteiger partial charge in [-0.2, -0.15) is 0 Å². The van der Waals surface area contributed by atoms with Gasteiger partial charge in [0.05, 0.1) is 22.2 Å². The van der Waals surface area contributed by atoms with Gasteiger partial charge >= 0.3 is 5.97 Å². The summed E-state index contributed by atoms with van der Waals surface area (Å²) in [5.41, 5.74) is 0.271. The third kappa shape index (κ3) is 2.62. The fraction of sp³-hybridized carbons (Fsp3) is 0.222. The Kier molecular flexibility index (Phi) is 4.23. The standard InChI is InChI=1S/C9H7BrCl2O2/c1-2-14-9(13)6-3-5(10)4-7(11)8(6)12/h3-4H,2H2,1H3. The van der Waals surface area contributed by atoms with Crippen LogP contribution in [-0.2, 0) is 4.74 Å². The summed E-state index contributed by atoms with van der Waals surface area (Å²) < 4.78 is 5.51. The average Bonchev–Trinajstić information content (AvgIpc) is 2.11. The molecule has 0 aliphatic carbocycles. The smallest absolute Gasteiger partial charge is 0.339 e. The molecular formula is C9H7BrCl2O2. The number of ether oxygens (including phenoxy) is 1. The number of hydrogen-bond acceptors (Lipinski definition) is 2. The van der Waals surface area contributed by atoms with Crippen LogP contribution in [0, 0.1) is 0 Å². The predicted molar refractivity (Wildman–Crippen MR) is 60.1 cm³/mol. The lowest BCUT2D eigenvalue weighted by atomic mass is 10.2. The Balaban J connectivity index is 3.13. The molecule has 76 valence electrons. The Hall–Kier alpha value is -0.250. The first-order chi connectivity index (χ1) is 6.56. The summed E-state index contributed by atoms with van der Waals surface area (Å²) in [5.74, 6) is -0.472. The molecular weight excluding hydrogens is 291 g/mol. The van der Waals surface area contributed by atoms with Gasteiger partial charge in [0.1, 0.15) is 0 Å². The largest absolute Gasteiger partial charge is 0.462 e. The fourth-order valence-corrected chi connectivity index (χ4v) is 1.91. The monoisotopic (exact) mass is 296 g/mol. The molecule has 0 atom stereocenters. The van der Waals surface area contributed by atoms with E-state index in [0.717, 1.165) is 0 Å². The third-order valence-electron chi connectivity index (χ3n) is 1.49. The molecule has 1 aromatic rings. The Morgan fingerprint density at radius 3 is 2.71 bits per heavy atom. The molecule has 0 fully saturated rings. The molecule has 0 spiro atoms. The molecule has 0 aliphatic heterocycles. The third-order valence-corrected chi connectivity index (χ3v) is 2.75. The molecule has 1 rings (SSSR count). The van der Waals surface area contributed by atoms with E-state index >= 15 is 0 Å². The van der Waals surface area contributed by atoms with Gasteiger partial charge in [-0.25, -0.2) is 4.79 Å². The minimum Gasteiger partial charge on any atom is -0.462 e. The van der Waals surface area contributed by atoms with Gasteiger partial charge in [0.15, 0.2) is 0 Å². The van der Waals surface area contributed by atoms with Crippen LogP contribution in [0.1, 0.15) is 17.3 Å². The zero-order valence-corrected chi connectivity index (χ0v) is 10.4. The predicted octanol–water partition coefficient (Wildman–Crippen LogP) is 3.93. The Bertz CT molecular complexity index is 366. The van der Waals surface area contributed by atoms with E-state index in [-0.39, 0.29) is 10.6 Å². The molecule has 2 nitrogen and oxygen atoms in total. The molecule has 0 aromatic heterocycles. The average molecular weight is 298 g/mol. The van der Waals surface area contributed by atoms with Crippen LogP contribution in [0.5, 0.6) is 0 Å². The molecule has 0 heterocycles. The molecule has 0 N–H and O–H groups in total. The molecule has 0 amide bonds. The first-order valence-electron chi connectivity index (χ1n) is 3.88. The van der Waals surface area contributed by atoms with Gasteiger partial charge in [0, 0.05) is 4.47 Å². The van der Waals surface area contributed by atoms with Crippen LogP contribution in [0.25, 0.3) is 0 Å². The van der Waals surface area contributed by atoms with Crippen molar-refractivity contribution in [3.8, 4) is 0 Å². The van der Waals surface area contributed by atoms with Crippen LogP contribution in [0.2, 0.25) is 10.0 Å². The number of carbonyl (C=O) groups excluding carboxylic acids is 1. The second kappa shape index (κ2) is 5.01. The van der Waals surface area contributed by atoms with Crippen LogP contribution in [0.4, 0.5) is 0 Å². The summed E-state index contributed by atoms with van der Waals surface area (Å²) in [6.07, 6.45) is 0. The van der Waals surface area contributed by atoms with Crippen molar-refractivity contribution in [3.05, 3.63) is 32.2 Å². The normalized spacial score (nSPS) is 10.0. The van der Waals surface area contributed by atoms with Gasteiger partial charge < -0.3 is 4.74 Å². The Morgan fingerprint density at radius 1 is 1.50 bits per heavy atom. The first kappa shape index (κ1) is 11.8. The van der Waals surface area contributed by atoms with Crippen molar-refractivity contribution < 1.29 is 9.53 Å². The summed E-state index contributed by atoms with van der Waals surface area (Å²) in [5, 5.41) is 0.539. The van der Waals surface area contributed by atoms with Crippen molar-refractivity contribution in [2.45, 2.75) is 6.92 Å². The van der Waals surface area contributed by atoms with Gasteiger partial charge in [-0.3, -0.25) is 0 Å². The molecule has 0 bridgehead atoms. The zero-order valence-electron chi connectivity index (χ0n) is 7.31. The quantitative estimate of drug-likeness (QED) is 0.611. The number of benzene rings is 1. The molecule has 1 aromatic carbocycles. The van der Waals surface area contributed by atoms with Crippen molar-refractivity contribution >= 4 is 45.1 Å². The van der Waals surface area contributed by atoms with Crippen LogP contribution >= 0.6 is 39.1 Å². The molecule has 0 aliphatic rings. The highest BCUT2D eigenvalue weighted by Gasteiger charge is 2.14. The maximum absolute atomic E-state index is 11.4. The van der Waals surface area contributed by atoms with E-state index < -0.39 is 5.97 Å². The van der Waals surface area contributed by atoms with Gasteiger partial charge in [-0.1, -0.05) is 39.1 Å². The van der Waals surface area contributed by atoms with Gasteiger partial charge in [0.2, 0.25) is 0 Å². The van der Waals surface area contributed by atoms with E-state index in [4.69, 9.17) is 27.9 Å². The SMILES string of the molecule is CCOC(=O)c1cc(Br)cc(Cl)c1Cl. The first-order valence-corrected chi connectivity index (χ1v) is 5.42. The van der Waals surface area contributed by atoms with E-state index in [9.17, 15) is 4.79 Å². The van der Waals surface area contributed by atoms with Crippen LogP contribution < -0.4 is 0 Å². The lowest BCUT2D eigenvalue weighted by Crippen LogP contribution is -2.05. The molecule has 5 heteroatoms. The van der Waals surface area contributed by atoms with E-state index in [1.807, 2.05) is 0 Å². The highest BCUT2D eigenvalue weighted by atomic mass is 79.9. The maximum atomic E-state index is 11.4. The number of rotatable bonds is 2. The molecule has 0 radical (unpaired) electrons. The van der Waals surface area contributed by atoms with E-state index in [1.54, 1.807) is 19.1 Å². The number of esters is 1. The van der Waals surface area contributed by atoms with Gasteiger partial charge in [-0.15, -0.1) is 0 Å². The molecule has 0 saturated carbocycles. The van der Waals surface area contributed by atoms with Gasteiger partial charge in [-0.05, 0) is 19.1 Å². The van der Waals surface area contributed by atoms with Gasteiger partial charge in [0.25, 0.3) is 0 Å². The van der Waals surface area contributed by atoms with Crippen molar-refractivity contribution in [1.82, 2.24) is 0 Å². The summed E-state index contributed by atoms with van der Waals surface area (Å²) in [4.78, 5) is 11.4. The van der Waals surface area contributed by atoms with Crippen LogP contribution in [0.15, 0.2) is 16.6 Å². The topological polar surface area (TPSA) is 26.3 Å². The van der Waals surface area contributed by atoms with Crippen molar-refractivity contribution in [2.24, 2.45) is 0 Å².